The summed E-state index contributed by atoms with van der Waals surface area (Å²) in [7, 11) is 0. The van der Waals surface area contributed by atoms with Gasteiger partial charge < -0.3 is 15.0 Å². The molecule has 0 fully saturated rings. The average molecular weight is 411 g/mol. The molecule has 3 heterocycles. The number of nitrogens with zero attached hydrogens (tertiary/aromatic N) is 4. The van der Waals surface area contributed by atoms with E-state index >= 15 is 0 Å². The van der Waals surface area contributed by atoms with Crippen LogP contribution in [0.5, 0.6) is 0 Å². The quantitative estimate of drug-likeness (QED) is 0.550. The van der Waals surface area contributed by atoms with Gasteiger partial charge in [0.25, 0.3) is 5.91 Å². The van der Waals surface area contributed by atoms with Crippen molar-refractivity contribution < 1.29 is 9.90 Å². The van der Waals surface area contributed by atoms with E-state index in [1.54, 1.807) is 18.6 Å². The fourth-order valence-corrected chi connectivity index (χ4v) is 3.86. The molecular formula is C22H30N6O2. The van der Waals surface area contributed by atoms with E-state index in [0.717, 1.165) is 48.6 Å². The first-order chi connectivity index (χ1) is 14.5. The number of aliphatic hydroxyl groups is 1. The molecule has 2 aromatic heterocycles. The van der Waals surface area contributed by atoms with Crippen molar-refractivity contribution in [2.24, 2.45) is 5.10 Å². The van der Waals surface area contributed by atoms with Crippen molar-refractivity contribution >= 4 is 17.7 Å². The molecular weight excluding hydrogens is 380 g/mol. The zero-order valence-electron chi connectivity index (χ0n) is 18.1. The topological polar surface area (TPSA) is 106 Å². The van der Waals surface area contributed by atoms with E-state index in [1.807, 2.05) is 6.08 Å². The maximum absolute atomic E-state index is 12.5. The predicted octanol–water partition coefficient (Wildman–Crippen LogP) is 2.22. The van der Waals surface area contributed by atoms with E-state index in [9.17, 15) is 9.90 Å². The van der Waals surface area contributed by atoms with Crippen LogP contribution in [0.25, 0.3) is 6.08 Å². The molecule has 0 saturated heterocycles. The van der Waals surface area contributed by atoms with Gasteiger partial charge in [-0.15, -0.1) is 0 Å². The lowest BCUT2D eigenvalue weighted by molar-refractivity contribution is -0.116. The lowest BCUT2D eigenvalue weighted by atomic mass is 9.94. The number of aliphatic hydroxyl groups excluding tert-OH is 1. The van der Waals surface area contributed by atoms with Crippen molar-refractivity contribution in [3.05, 3.63) is 52.4 Å². The minimum absolute atomic E-state index is 0.0756. The van der Waals surface area contributed by atoms with Crippen molar-refractivity contribution in [1.82, 2.24) is 25.3 Å². The van der Waals surface area contributed by atoms with Gasteiger partial charge in [-0.3, -0.25) is 14.8 Å². The first-order valence-electron chi connectivity index (χ1n) is 10.4. The van der Waals surface area contributed by atoms with Crippen LogP contribution in [0.4, 0.5) is 0 Å². The first kappa shape index (κ1) is 21.9. The number of nitrogens with one attached hydrogen (secondary N) is 2. The second kappa shape index (κ2) is 9.77. The molecule has 2 aromatic rings. The van der Waals surface area contributed by atoms with Crippen LogP contribution in [0.3, 0.4) is 0 Å². The van der Waals surface area contributed by atoms with Crippen LogP contribution >= 0.6 is 0 Å². The normalized spacial score (nSPS) is 15.4. The number of H-pyrrole nitrogens is 1. The fraction of sp³-hybridized carbons (Fsp3) is 0.455. The number of aromatic amines is 1. The molecule has 8 nitrogen and oxygen atoms in total. The van der Waals surface area contributed by atoms with Gasteiger partial charge in [0, 0.05) is 30.3 Å². The number of hydrazone groups is 1. The van der Waals surface area contributed by atoms with Gasteiger partial charge in [0.15, 0.2) is 0 Å². The summed E-state index contributed by atoms with van der Waals surface area (Å²) in [4.78, 5) is 26.5. The smallest absolute Gasteiger partial charge is 0.273 e. The molecule has 0 unspecified atom stereocenters. The first-order valence-corrected chi connectivity index (χ1v) is 10.4. The van der Waals surface area contributed by atoms with E-state index in [-0.39, 0.29) is 18.4 Å². The van der Waals surface area contributed by atoms with Gasteiger partial charge in [0.2, 0.25) is 0 Å². The van der Waals surface area contributed by atoms with Crippen LogP contribution in [-0.4, -0.2) is 56.2 Å². The SMILES string of the molecule is CCN(CC)CCc1c(CO)[nH]c(/C=C2/C(=O)NN=C2c2cnccn2)c1C(C)C. The molecule has 3 rings (SSSR count). The second-order valence-corrected chi connectivity index (χ2v) is 7.55. The van der Waals surface area contributed by atoms with Crippen LogP contribution in [-0.2, 0) is 17.8 Å². The lowest BCUT2D eigenvalue weighted by Crippen LogP contribution is -2.25. The summed E-state index contributed by atoms with van der Waals surface area (Å²) in [5.41, 5.74) is 7.82. The Kier molecular flexibility index (Phi) is 7.12. The maximum Gasteiger partial charge on any atom is 0.273 e. The van der Waals surface area contributed by atoms with Crippen molar-refractivity contribution in [3.63, 3.8) is 0 Å². The molecule has 0 bridgehead atoms. The molecule has 30 heavy (non-hydrogen) atoms. The molecule has 1 amide bonds. The molecule has 160 valence electrons. The Morgan fingerprint density at radius 1 is 1.23 bits per heavy atom. The van der Waals surface area contributed by atoms with E-state index in [1.165, 1.54) is 0 Å². The molecule has 1 aliphatic rings. The summed E-state index contributed by atoms with van der Waals surface area (Å²) in [6, 6.07) is 0. The molecule has 0 aromatic carbocycles. The van der Waals surface area contributed by atoms with Gasteiger partial charge in [0.1, 0.15) is 11.4 Å². The number of amides is 1. The number of carbonyl (C=O) groups is 1. The lowest BCUT2D eigenvalue weighted by Gasteiger charge is -2.19. The Labute approximate surface area is 177 Å². The molecule has 3 N–H and O–H groups in total. The summed E-state index contributed by atoms with van der Waals surface area (Å²) in [5, 5.41) is 14.1. The van der Waals surface area contributed by atoms with E-state index in [2.05, 4.69) is 58.1 Å². The molecule has 8 heteroatoms. The van der Waals surface area contributed by atoms with Crippen molar-refractivity contribution in [2.45, 2.75) is 46.6 Å². The number of hydrogen-bond acceptors (Lipinski definition) is 6. The van der Waals surface area contributed by atoms with Gasteiger partial charge >= 0.3 is 0 Å². The minimum atomic E-state index is -0.282. The van der Waals surface area contributed by atoms with Crippen molar-refractivity contribution in [2.75, 3.05) is 19.6 Å². The number of carbonyl (C=O) groups excluding carboxylic acids is 1. The molecule has 0 aliphatic carbocycles. The van der Waals surface area contributed by atoms with Crippen LogP contribution < -0.4 is 5.43 Å². The third-order valence-corrected chi connectivity index (χ3v) is 5.44. The zero-order valence-corrected chi connectivity index (χ0v) is 18.1. The van der Waals surface area contributed by atoms with Crippen LogP contribution in [0, 0.1) is 0 Å². The average Bonchev–Trinajstić information content (AvgIpc) is 3.30. The molecule has 0 spiro atoms. The summed E-state index contributed by atoms with van der Waals surface area (Å²) in [6.45, 7) is 11.4. The standard InChI is InChI=1S/C22H30N6O2/c1-5-28(6-2)10-7-15-19(13-29)25-17(20(15)14(3)4)11-16-21(26-27-22(16)30)18-12-23-8-9-24-18/h8-9,11-12,14,25,29H,5-7,10,13H2,1-4H3,(H,27,30)/b16-11+. The monoisotopic (exact) mass is 410 g/mol. The second-order valence-electron chi connectivity index (χ2n) is 7.55. The largest absolute Gasteiger partial charge is 0.390 e. The predicted molar refractivity (Wildman–Crippen MR) is 117 cm³/mol. The number of hydrogen-bond donors (Lipinski definition) is 3. The van der Waals surface area contributed by atoms with Crippen LogP contribution in [0.15, 0.2) is 29.3 Å². The third kappa shape index (κ3) is 4.49. The number of rotatable bonds is 9. The highest BCUT2D eigenvalue weighted by Gasteiger charge is 2.27. The van der Waals surface area contributed by atoms with E-state index in [0.29, 0.717) is 17.0 Å². The highest BCUT2D eigenvalue weighted by atomic mass is 16.3. The van der Waals surface area contributed by atoms with Crippen molar-refractivity contribution in [3.8, 4) is 0 Å². The fourth-order valence-electron chi connectivity index (χ4n) is 3.86. The Balaban J connectivity index is 2.02. The van der Waals surface area contributed by atoms with Gasteiger partial charge in [-0.05, 0) is 42.6 Å². The van der Waals surface area contributed by atoms with Crippen LogP contribution in [0.1, 0.15) is 61.8 Å². The molecule has 0 radical (unpaired) electrons. The minimum Gasteiger partial charge on any atom is -0.390 e. The Morgan fingerprint density at radius 3 is 2.60 bits per heavy atom. The number of aromatic nitrogens is 3. The molecule has 1 aliphatic heterocycles. The highest BCUT2D eigenvalue weighted by molar-refractivity contribution is 6.32. The molecule has 0 atom stereocenters. The highest BCUT2D eigenvalue weighted by Crippen LogP contribution is 2.30. The van der Waals surface area contributed by atoms with E-state index < -0.39 is 0 Å². The van der Waals surface area contributed by atoms with Gasteiger partial charge in [-0.25, -0.2) is 5.43 Å². The summed E-state index contributed by atoms with van der Waals surface area (Å²) in [6.07, 6.45) is 7.38. The van der Waals surface area contributed by atoms with Gasteiger partial charge in [-0.2, -0.15) is 5.10 Å². The summed E-state index contributed by atoms with van der Waals surface area (Å²) >= 11 is 0. The third-order valence-electron chi connectivity index (χ3n) is 5.44. The van der Waals surface area contributed by atoms with Crippen molar-refractivity contribution in [1.29, 1.82) is 0 Å². The number of likely N-dealkylation sites (N-methyl/N-ethyl adjacent to an activating group) is 1. The molecule has 0 saturated carbocycles. The summed E-state index contributed by atoms with van der Waals surface area (Å²) in [5.74, 6) is -0.0586. The zero-order chi connectivity index (χ0) is 21.7. The Hall–Kier alpha value is -2.84. The Bertz CT molecular complexity index is 942. The van der Waals surface area contributed by atoms with Crippen LogP contribution in [0.2, 0.25) is 0 Å². The van der Waals surface area contributed by atoms with Gasteiger partial charge in [0.05, 0.1) is 18.4 Å². The summed E-state index contributed by atoms with van der Waals surface area (Å²) < 4.78 is 0. The maximum atomic E-state index is 12.5. The van der Waals surface area contributed by atoms with Gasteiger partial charge in [-0.1, -0.05) is 27.7 Å². The Morgan fingerprint density at radius 2 is 2.00 bits per heavy atom. The van der Waals surface area contributed by atoms with E-state index in [4.69, 9.17) is 0 Å².